The maximum Gasteiger partial charge on any atom is 0.235 e. The predicted molar refractivity (Wildman–Crippen MR) is 280 cm³/mol. The van der Waals surface area contributed by atoms with Crippen LogP contribution in [0, 0.1) is 0 Å². The van der Waals surface area contributed by atoms with E-state index in [0.29, 0.717) is 5.95 Å². The molecule has 0 fully saturated rings. The Labute approximate surface area is 386 Å². The topological polar surface area (TPSA) is 35.1 Å². The smallest absolute Gasteiger partial charge is 0.235 e. The van der Waals surface area contributed by atoms with Crippen molar-refractivity contribution in [3.05, 3.63) is 217 Å². The van der Waals surface area contributed by atoms with Crippen molar-refractivity contribution >= 4 is 81.4 Å². The summed E-state index contributed by atoms with van der Waals surface area (Å²) in [6.45, 7) is 4.81. The zero-order chi connectivity index (χ0) is 44.1. The number of fused-ring (bicyclic) bond motifs is 15. The Hall–Kier alpha value is -8.60. The first-order chi connectivity index (χ1) is 33.0. The molecule has 0 bridgehead atoms. The van der Waals surface area contributed by atoms with E-state index in [4.69, 9.17) is 9.97 Å². The number of rotatable bonds is 4. The lowest BCUT2D eigenvalue weighted by Crippen LogP contribution is -2.15. The molecule has 0 unspecified atom stereocenters. The van der Waals surface area contributed by atoms with Gasteiger partial charge in [-0.2, -0.15) is 0 Å². The van der Waals surface area contributed by atoms with Gasteiger partial charge in [-0.1, -0.05) is 172 Å². The second kappa shape index (κ2) is 13.2. The molecule has 0 amide bonds. The van der Waals surface area contributed by atoms with E-state index in [0.717, 1.165) is 33.5 Å². The van der Waals surface area contributed by atoms with Gasteiger partial charge in [0.15, 0.2) is 0 Å². The van der Waals surface area contributed by atoms with Crippen LogP contribution in [0.2, 0.25) is 0 Å². The molecule has 0 saturated carbocycles. The monoisotopic (exact) mass is 852 g/mol. The molecule has 4 nitrogen and oxygen atoms in total. The maximum atomic E-state index is 5.40. The molecule has 0 N–H and O–H groups in total. The Morgan fingerprint density at radius 1 is 0.358 bits per heavy atom. The molecule has 4 heterocycles. The van der Waals surface area contributed by atoms with Crippen LogP contribution < -0.4 is 0 Å². The second-order valence-electron chi connectivity index (χ2n) is 18.9. The van der Waals surface area contributed by atoms with Crippen molar-refractivity contribution in [3.8, 4) is 50.7 Å². The Morgan fingerprint density at radius 2 is 1.00 bits per heavy atom. The van der Waals surface area contributed by atoms with Crippen LogP contribution in [0.5, 0.6) is 0 Å². The van der Waals surface area contributed by atoms with Crippen molar-refractivity contribution in [1.82, 2.24) is 18.9 Å². The van der Waals surface area contributed by atoms with E-state index in [2.05, 4.69) is 229 Å². The van der Waals surface area contributed by atoms with E-state index in [1.807, 2.05) is 0 Å². The Morgan fingerprint density at radius 3 is 1.87 bits per heavy atom. The van der Waals surface area contributed by atoms with Gasteiger partial charge in [-0.25, -0.2) is 9.97 Å². The molecule has 10 aromatic carbocycles. The van der Waals surface area contributed by atoms with Gasteiger partial charge in [0, 0.05) is 48.9 Å². The summed E-state index contributed by atoms with van der Waals surface area (Å²) in [5.74, 6) is 0.649. The van der Waals surface area contributed by atoms with Crippen molar-refractivity contribution in [1.29, 1.82) is 0 Å². The number of hydrogen-bond donors (Lipinski definition) is 0. The molecule has 0 atom stereocenters. The van der Waals surface area contributed by atoms with E-state index in [1.54, 1.807) is 0 Å². The average Bonchev–Trinajstić information content (AvgIpc) is 4.08. The predicted octanol–water partition coefficient (Wildman–Crippen LogP) is 16.3. The van der Waals surface area contributed by atoms with Gasteiger partial charge in [-0.15, -0.1) is 0 Å². The van der Waals surface area contributed by atoms with E-state index in [1.165, 1.54) is 104 Å². The summed E-state index contributed by atoms with van der Waals surface area (Å²) >= 11 is 0. The van der Waals surface area contributed by atoms with E-state index < -0.39 is 0 Å². The Balaban J connectivity index is 0.898. The first-order valence-corrected chi connectivity index (χ1v) is 23.2. The zero-order valence-corrected chi connectivity index (χ0v) is 36.9. The van der Waals surface area contributed by atoms with Gasteiger partial charge in [0.1, 0.15) is 0 Å². The van der Waals surface area contributed by atoms with Crippen LogP contribution in [0.3, 0.4) is 0 Å². The van der Waals surface area contributed by atoms with Crippen LogP contribution in [-0.4, -0.2) is 18.9 Å². The van der Waals surface area contributed by atoms with Gasteiger partial charge in [0.2, 0.25) is 5.95 Å². The number of nitrogens with zero attached hydrogens (tertiary/aromatic N) is 4. The summed E-state index contributed by atoms with van der Waals surface area (Å²) in [6, 6.07) is 75.6. The highest BCUT2D eigenvalue weighted by Crippen LogP contribution is 2.53. The molecule has 312 valence electrons. The van der Waals surface area contributed by atoms with E-state index >= 15 is 0 Å². The highest BCUT2D eigenvalue weighted by atomic mass is 15.2. The quantitative estimate of drug-likeness (QED) is 0.177. The molecular formula is C63H40N4. The summed E-state index contributed by atoms with van der Waals surface area (Å²) in [7, 11) is 0. The van der Waals surface area contributed by atoms with Crippen molar-refractivity contribution in [2.45, 2.75) is 19.3 Å². The largest absolute Gasteiger partial charge is 0.308 e. The number of hydrogen-bond acceptors (Lipinski definition) is 2. The minimum absolute atomic E-state index is 0.187. The van der Waals surface area contributed by atoms with E-state index in [9.17, 15) is 0 Å². The van der Waals surface area contributed by atoms with Gasteiger partial charge >= 0.3 is 0 Å². The molecule has 0 aliphatic heterocycles. The summed E-state index contributed by atoms with van der Waals surface area (Å²) < 4.78 is 4.75. The number of aromatic nitrogens is 4. The van der Waals surface area contributed by atoms with Crippen LogP contribution >= 0.6 is 0 Å². The molecule has 67 heavy (non-hydrogen) atoms. The number of para-hydroxylation sites is 3. The fraction of sp³-hybridized carbons (Fsp3) is 0.0476. The molecule has 0 radical (unpaired) electrons. The third-order valence-electron chi connectivity index (χ3n) is 15.0. The SMILES string of the molecule is CC1(C)c2ccc(-c3ccc4c(c3)c3ccccc3n4-c3nc(-c4ccccc4)cc(-c4cccc5ccccc45)n3)cc2-c2ccc3cc4c5cccc6c7ccccc7n(c4cc3c21)c65. The summed E-state index contributed by atoms with van der Waals surface area (Å²) in [4.78, 5) is 10.7. The zero-order valence-electron chi connectivity index (χ0n) is 36.9. The molecule has 0 spiro atoms. The molecule has 15 rings (SSSR count). The van der Waals surface area contributed by atoms with Gasteiger partial charge in [-0.3, -0.25) is 4.57 Å². The van der Waals surface area contributed by atoms with Crippen LogP contribution in [-0.2, 0) is 5.41 Å². The number of benzene rings is 10. The standard InChI is InChI=1S/C63H40N4/c1-63(2)53-30-27-39(32-50(53)46-29-26-41-34-52-48-23-13-22-47-44-19-8-10-24-56(44)66(61(47)48)59(52)35-49(41)60(46)63)40-28-31-58-51(33-40)45-20-9-11-25-57(45)67(58)62-64-54(38-15-4-3-5-16-38)36-55(65-62)43-21-12-17-37-14-6-7-18-42(37)43/h3-36H,1-2H3. The lowest BCUT2D eigenvalue weighted by molar-refractivity contribution is 0.666. The summed E-state index contributed by atoms with van der Waals surface area (Å²) in [5.41, 5.74) is 17.5. The van der Waals surface area contributed by atoms with Gasteiger partial charge in [-0.05, 0) is 103 Å². The van der Waals surface area contributed by atoms with Gasteiger partial charge < -0.3 is 4.40 Å². The van der Waals surface area contributed by atoms with Crippen LogP contribution in [0.1, 0.15) is 25.0 Å². The first-order valence-electron chi connectivity index (χ1n) is 23.2. The first kappa shape index (κ1) is 36.7. The summed E-state index contributed by atoms with van der Waals surface area (Å²) in [5, 5.41) is 12.6. The molecule has 4 aromatic heterocycles. The normalized spacial score (nSPS) is 13.3. The van der Waals surface area contributed by atoms with E-state index in [-0.39, 0.29) is 5.41 Å². The fourth-order valence-electron chi connectivity index (χ4n) is 12.0. The molecular weight excluding hydrogens is 813 g/mol. The van der Waals surface area contributed by atoms with Crippen LogP contribution in [0.15, 0.2) is 206 Å². The summed E-state index contributed by atoms with van der Waals surface area (Å²) in [6.07, 6.45) is 0. The highest BCUT2D eigenvalue weighted by Gasteiger charge is 2.37. The van der Waals surface area contributed by atoms with Crippen LogP contribution in [0.25, 0.3) is 132 Å². The molecule has 1 aliphatic carbocycles. The lowest BCUT2D eigenvalue weighted by atomic mass is 9.80. The van der Waals surface area contributed by atoms with Crippen LogP contribution in [0.4, 0.5) is 0 Å². The molecule has 0 saturated heterocycles. The highest BCUT2D eigenvalue weighted by molar-refractivity contribution is 6.25. The Kier molecular flexibility index (Phi) is 7.26. The molecule has 14 aromatic rings. The minimum Gasteiger partial charge on any atom is -0.308 e. The maximum absolute atomic E-state index is 5.40. The Bertz CT molecular complexity index is 4410. The average molecular weight is 853 g/mol. The molecule has 1 aliphatic rings. The van der Waals surface area contributed by atoms with Crippen molar-refractivity contribution < 1.29 is 0 Å². The van der Waals surface area contributed by atoms with Crippen molar-refractivity contribution in [3.63, 3.8) is 0 Å². The molecule has 4 heteroatoms. The second-order valence-corrected chi connectivity index (χ2v) is 18.9. The lowest BCUT2D eigenvalue weighted by Gasteiger charge is -2.23. The third-order valence-corrected chi connectivity index (χ3v) is 15.0. The van der Waals surface area contributed by atoms with Crippen molar-refractivity contribution in [2.75, 3.05) is 0 Å². The fourth-order valence-corrected chi connectivity index (χ4v) is 12.0. The van der Waals surface area contributed by atoms with Crippen molar-refractivity contribution in [2.24, 2.45) is 0 Å². The van der Waals surface area contributed by atoms with Gasteiger partial charge in [0.25, 0.3) is 0 Å². The van der Waals surface area contributed by atoms with Gasteiger partial charge in [0.05, 0.1) is 39.0 Å². The minimum atomic E-state index is -0.187. The third kappa shape index (κ3) is 5.02.